The monoisotopic (exact) mass is 398 g/mol. The lowest BCUT2D eigenvalue weighted by Gasteiger charge is -2.16. The van der Waals surface area contributed by atoms with Crippen LogP contribution in [0.3, 0.4) is 0 Å². The van der Waals surface area contributed by atoms with E-state index in [-0.39, 0.29) is 17.2 Å². The summed E-state index contributed by atoms with van der Waals surface area (Å²) in [5, 5.41) is 0. The summed E-state index contributed by atoms with van der Waals surface area (Å²) < 4.78 is 107. The lowest BCUT2D eigenvalue weighted by Crippen LogP contribution is -2.12. The van der Waals surface area contributed by atoms with Crippen LogP contribution in [0.1, 0.15) is 32.6 Å². The first kappa shape index (κ1) is 20.7. The third-order valence-electron chi connectivity index (χ3n) is 3.48. The van der Waals surface area contributed by atoms with Crippen molar-refractivity contribution in [3.8, 4) is 5.75 Å². The molecule has 0 unspecified atom stereocenters. The highest BCUT2D eigenvalue weighted by Crippen LogP contribution is 2.37. The Morgan fingerprint density at radius 2 is 1.44 bits per heavy atom. The molecule has 2 rings (SSSR count). The first-order valence-electron chi connectivity index (χ1n) is 7.21. The van der Waals surface area contributed by atoms with E-state index >= 15 is 0 Å². The van der Waals surface area contributed by atoms with Gasteiger partial charge in [0, 0.05) is 12.0 Å². The lowest BCUT2D eigenvalue weighted by atomic mass is 9.97. The van der Waals surface area contributed by atoms with Gasteiger partial charge in [0.15, 0.2) is 0 Å². The lowest BCUT2D eigenvalue weighted by molar-refractivity contribution is -0.143. The van der Waals surface area contributed by atoms with Crippen molar-refractivity contribution < 1.29 is 44.7 Å². The van der Waals surface area contributed by atoms with Gasteiger partial charge in [-0.15, -0.1) is 0 Å². The van der Waals surface area contributed by atoms with Gasteiger partial charge < -0.3 is 4.74 Å². The van der Waals surface area contributed by atoms with Crippen LogP contribution in [-0.2, 0) is 18.8 Å². The van der Waals surface area contributed by atoms with E-state index in [1.165, 1.54) is 0 Å². The van der Waals surface area contributed by atoms with Gasteiger partial charge in [0.2, 0.25) is 0 Å². The zero-order valence-electron chi connectivity index (χ0n) is 13.2. The molecule has 0 saturated heterocycles. The van der Waals surface area contributed by atoms with Crippen LogP contribution in [0, 0.1) is 0 Å². The third kappa shape index (κ3) is 5.41. The maximum atomic E-state index is 12.9. The molecule has 0 atom stereocenters. The van der Waals surface area contributed by atoms with Gasteiger partial charge >= 0.3 is 19.0 Å². The van der Waals surface area contributed by atoms with Crippen molar-refractivity contribution in [2.75, 3.05) is 0 Å². The fourth-order valence-corrected chi connectivity index (χ4v) is 2.36. The number of halogens is 8. The van der Waals surface area contributed by atoms with E-state index < -0.39 is 47.8 Å². The van der Waals surface area contributed by atoms with Gasteiger partial charge in [-0.2, -0.15) is 35.1 Å². The van der Waals surface area contributed by atoms with Crippen molar-refractivity contribution in [2.45, 2.75) is 25.4 Å². The number of benzene rings is 2. The molecule has 2 nitrogen and oxygen atoms in total. The third-order valence-corrected chi connectivity index (χ3v) is 3.48. The van der Waals surface area contributed by atoms with Crippen molar-refractivity contribution >= 4 is 6.29 Å². The normalized spacial score (nSPS) is 12.3. The van der Waals surface area contributed by atoms with Gasteiger partial charge in [0.1, 0.15) is 12.0 Å². The summed E-state index contributed by atoms with van der Waals surface area (Å²) in [6, 6.07) is 4.09. The highest BCUT2D eigenvalue weighted by atomic mass is 19.4. The average Bonchev–Trinajstić information content (AvgIpc) is 2.54. The summed E-state index contributed by atoms with van der Waals surface area (Å²) in [4.78, 5) is 10.8. The van der Waals surface area contributed by atoms with Crippen LogP contribution in [0.2, 0.25) is 0 Å². The molecular weight excluding hydrogens is 388 g/mol. The minimum absolute atomic E-state index is 0.00497. The van der Waals surface area contributed by atoms with Crippen molar-refractivity contribution in [3.05, 3.63) is 64.2 Å². The molecule has 0 aliphatic heterocycles. The second kappa shape index (κ2) is 7.53. The first-order chi connectivity index (χ1) is 12.4. The van der Waals surface area contributed by atoms with Crippen LogP contribution in [0.25, 0.3) is 0 Å². The number of hydrogen-bond acceptors (Lipinski definition) is 2. The van der Waals surface area contributed by atoms with Crippen LogP contribution >= 0.6 is 0 Å². The van der Waals surface area contributed by atoms with Crippen molar-refractivity contribution in [1.82, 2.24) is 0 Å². The zero-order chi connectivity index (χ0) is 20.4. The second-order valence-electron chi connectivity index (χ2n) is 5.45. The molecule has 10 heteroatoms. The number of rotatable bonds is 5. The van der Waals surface area contributed by atoms with Crippen LogP contribution in [0.15, 0.2) is 36.4 Å². The molecule has 0 heterocycles. The number of aldehydes is 1. The van der Waals surface area contributed by atoms with E-state index in [1.807, 2.05) is 0 Å². The standard InChI is InChI=1S/C17H10F8O2/c18-15(19)27-14-2-1-9(8-26)3-11(14)4-10-5-12(16(20,21)22)7-13(6-10)17(23,24)25/h1-3,5-8,15H,4H2. The quantitative estimate of drug-likeness (QED) is 0.475. The molecule has 0 bridgehead atoms. The summed E-state index contributed by atoms with van der Waals surface area (Å²) in [5.74, 6) is -0.457. The number of alkyl halides is 8. The van der Waals surface area contributed by atoms with Gasteiger partial charge in [0.25, 0.3) is 0 Å². The Morgan fingerprint density at radius 1 is 0.889 bits per heavy atom. The maximum absolute atomic E-state index is 12.9. The molecule has 0 radical (unpaired) electrons. The Bertz CT molecular complexity index is 792. The first-order valence-corrected chi connectivity index (χ1v) is 7.21. The highest BCUT2D eigenvalue weighted by molar-refractivity contribution is 5.75. The number of hydrogen-bond donors (Lipinski definition) is 0. The van der Waals surface area contributed by atoms with E-state index in [1.54, 1.807) is 0 Å². The zero-order valence-corrected chi connectivity index (χ0v) is 13.2. The van der Waals surface area contributed by atoms with Gasteiger partial charge in [-0.3, -0.25) is 4.79 Å². The minimum Gasteiger partial charge on any atom is -0.435 e. The summed E-state index contributed by atoms with van der Waals surface area (Å²) in [6.07, 6.45) is -10.3. The summed E-state index contributed by atoms with van der Waals surface area (Å²) in [7, 11) is 0. The number of carbonyl (C=O) groups excluding carboxylic acids is 1. The molecule has 27 heavy (non-hydrogen) atoms. The number of carbonyl (C=O) groups is 1. The summed E-state index contributed by atoms with van der Waals surface area (Å²) in [5.41, 5.74) is -3.66. The Balaban J connectivity index is 2.54. The van der Waals surface area contributed by atoms with Crippen LogP contribution < -0.4 is 4.74 Å². The topological polar surface area (TPSA) is 26.3 Å². The fraction of sp³-hybridized carbons (Fsp3) is 0.235. The summed E-state index contributed by atoms with van der Waals surface area (Å²) in [6.45, 7) is -3.27. The maximum Gasteiger partial charge on any atom is 0.416 e. The molecule has 146 valence electrons. The van der Waals surface area contributed by atoms with Crippen molar-refractivity contribution in [2.24, 2.45) is 0 Å². The summed E-state index contributed by atoms with van der Waals surface area (Å²) >= 11 is 0. The van der Waals surface area contributed by atoms with E-state index in [4.69, 9.17) is 0 Å². The smallest absolute Gasteiger partial charge is 0.416 e. The Kier molecular flexibility index (Phi) is 5.76. The van der Waals surface area contributed by atoms with E-state index in [9.17, 15) is 39.9 Å². The predicted octanol–water partition coefficient (Wildman–Crippen LogP) is 5.73. The molecular formula is C17H10F8O2. The number of ether oxygens (including phenoxy) is 1. The molecule has 0 spiro atoms. The molecule has 0 amide bonds. The van der Waals surface area contributed by atoms with Crippen LogP contribution in [0.4, 0.5) is 35.1 Å². The minimum atomic E-state index is -5.04. The molecule has 2 aromatic carbocycles. The van der Waals surface area contributed by atoms with Gasteiger partial charge in [0.05, 0.1) is 11.1 Å². The molecule has 0 N–H and O–H groups in total. The molecule has 0 aliphatic rings. The van der Waals surface area contributed by atoms with Gasteiger partial charge in [-0.1, -0.05) is 0 Å². The van der Waals surface area contributed by atoms with Crippen molar-refractivity contribution in [3.63, 3.8) is 0 Å². The van der Waals surface area contributed by atoms with E-state index in [0.717, 1.165) is 18.2 Å². The highest BCUT2D eigenvalue weighted by Gasteiger charge is 2.36. The van der Waals surface area contributed by atoms with E-state index in [0.29, 0.717) is 18.4 Å². The molecule has 0 saturated carbocycles. The largest absolute Gasteiger partial charge is 0.435 e. The SMILES string of the molecule is O=Cc1ccc(OC(F)F)c(Cc2cc(C(F)(F)F)cc(C(F)(F)F)c2)c1. The average molecular weight is 398 g/mol. The Morgan fingerprint density at radius 3 is 1.89 bits per heavy atom. The van der Waals surface area contributed by atoms with Crippen molar-refractivity contribution in [1.29, 1.82) is 0 Å². The molecule has 0 fully saturated rings. The Hall–Kier alpha value is -2.65. The van der Waals surface area contributed by atoms with E-state index in [2.05, 4.69) is 4.74 Å². The predicted molar refractivity (Wildman–Crippen MR) is 77.7 cm³/mol. The van der Waals surface area contributed by atoms with Crippen LogP contribution in [0.5, 0.6) is 5.75 Å². The van der Waals surface area contributed by atoms with Crippen LogP contribution in [-0.4, -0.2) is 12.9 Å². The molecule has 2 aromatic rings. The van der Waals surface area contributed by atoms with Gasteiger partial charge in [-0.05, 0) is 47.5 Å². The molecule has 0 aromatic heterocycles. The Labute approximate surface area is 147 Å². The van der Waals surface area contributed by atoms with Gasteiger partial charge in [-0.25, -0.2) is 0 Å². The second-order valence-corrected chi connectivity index (χ2v) is 5.45. The fourth-order valence-electron chi connectivity index (χ4n) is 2.36. The molecule has 0 aliphatic carbocycles.